The predicted octanol–water partition coefficient (Wildman–Crippen LogP) is 4.35. The molecular weight excluding hydrogens is 360 g/mol. The number of rotatable bonds is 4. The van der Waals surface area contributed by atoms with Crippen molar-refractivity contribution in [1.82, 2.24) is 14.9 Å². The first-order chi connectivity index (χ1) is 12.6. The highest BCUT2D eigenvalue weighted by Gasteiger charge is 2.22. The third kappa shape index (κ3) is 3.59. The molecule has 0 saturated carbocycles. The van der Waals surface area contributed by atoms with Crippen LogP contribution in [0.5, 0.6) is 0 Å². The molecule has 6 heteroatoms. The second-order valence-electron chi connectivity index (χ2n) is 6.82. The average molecular weight is 385 g/mol. The van der Waals surface area contributed by atoms with Crippen LogP contribution in [-0.2, 0) is 5.75 Å². The number of benzene rings is 1. The van der Waals surface area contributed by atoms with Gasteiger partial charge in [0.2, 0.25) is 0 Å². The molecule has 1 saturated heterocycles. The number of fused-ring (bicyclic) bond motifs is 1. The Labute approximate surface area is 163 Å². The zero-order valence-electron chi connectivity index (χ0n) is 15.5. The van der Waals surface area contributed by atoms with E-state index in [2.05, 4.69) is 61.0 Å². The van der Waals surface area contributed by atoms with E-state index in [1.165, 1.54) is 20.7 Å². The first-order valence-corrected chi connectivity index (χ1v) is 10.8. The number of hydrogen-bond acceptors (Lipinski definition) is 6. The second kappa shape index (κ2) is 7.55. The van der Waals surface area contributed by atoms with Crippen molar-refractivity contribution in [3.63, 3.8) is 0 Å². The highest BCUT2D eigenvalue weighted by Crippen LogP contribution is 2.36. The van der Waals surface area contributed by atoms with Gasteiger partial charge < -0.3 is 9.80 Å². The number of aryl methyl sites for hydroxylation is 2. The Morgan fingerprint density at radius 3 is 2.50 bits per heavy atom. The van der Waals surface area contributed by atoms with Crippen LogP contribution in [0, 0.1) is 13.8 Å². The molecule has 0 spiro atoms. The second-order valence-corrected chi connectivity index (χ2v) is 9.07. The van der Waals surface area contributed by atoms with E-state index < -0.39 is 0 Å². The van der Waals surface area contributed by atoms with Crippen molar-refractivity contribution in [3.8, 4) is 0 Å². The van der Waals surface area contributed by atoms with Crippen molar-refractivity contribution in [3.05, 3.63) is 46.6 Å². The third-order valence-electron chi connectivity index (χ3n) is 4.97. The summed E-state index contributed by atoms with van der Waals surface area (Å²) < 4.78 is 0. The minimum Gasteiger partial charge on any atom is -0.353 e. The molecule has 0 N–H and O–H groups in total. The molecule has 4 rings (SSSR count). The van der Waals surface area contributed by atoms with Crippen LogP contribution in [0.1, 0.15) is 16.3 Å². The first kappa shape index (κ1) is 17.8. The summed E-state index contributed by atoms with van der Waals surface area (Å²) in [6, 6.07) is 10.5. The molecule has 0 radical (unpaired) electrons. The van der Waals surface area contributed by atoms with Crippen molar-refractivity contribution < 1.29 is 0 Å². The number of anilines is 1. The first-order valence-electron chi connectivity index (χ1n) is 9.00. The Morgan fingerprint density at radius 1 is 1.04 bits per heavy atom. The maximum atomic E-state index is 5.02. The van der Waals surface area contributed by atoms with Gasteiger partial charge in [-0.1, -0.05) is 18.2 Å². The molecule has 0 unspecified atom stereocenters. The molecule has 0 atom stereocenters. The lowest BCUT2D eigenvalue weighted by atomic mass is 10.2. The highest BCUT2D eigenvalue weighted by molar-refractivity contribution is 7.98. The molecule has 2 aromatic heterocycles. The molecule has 0 amide bonds. The van der Waals surface area contributed by atoms with Gasteiger partial charge in [0, 0.05) is 36.0 Å². The van der Waals surface area contributed by atoms with Crippen molar-refractivity contribution >= 4 is 39.1 Å². The molecule has 0 bridgehead atoms. The van der Waals surface area contributed by atoms with E-state index in [1.807, 2.05) is 0 Å². The minimum atomic E-state index is 0.802. The van der Waals surface area contributed by atoms with E-state index in [0.29, 0.717) is 0 Å². The maximum Gasteiger partial charge on any atom is 0.142 e. The lowest BCUT2D eigenvalue weighted by molar-refractivity contribution is 0.312. The number of thioether (sulfide) groups is 1. The molecule has 3 heterocycles. The van der Waals surface area contributed by atoms with Crippen LogP contribution in [0.25, 0.3) is 10.2 Å². The predicted molar refractivity (Wildman–Crippen MR) is 113 cm³/mol. The van der Waals surface area contributed by atoms with Crippen LogP contribution in [0.2, 0.25) is 0 Å². The fraction of sp³-hybridized carbons (Fsp3) is 0.400. The summed E-state index contributed by atoms with van der Waals surface area (Å²) in [5.41, 5.74) is 1.33. The molecule has 136 valence electrons. The number of thiophene rings is 1. The maximum absolute atomic E-state index is 5.02. The molecule has 1 aliphatic rings. The van der Waals surface area contributed by atoms with Crippen LogP contribution >= 0.6 is 23.1 Å². The van der Waals surface area contributed by atoms with Crippen LogP contribution in [0.4, 0.5) is 5.82 Å². The topological polar surface area (TPSA) is 32.3 Å². The van der Waals surface area contributed by atoms with Gasteiger partial charge >= 0.3 is 0 Å². The SMILES string of the molecule is Cc1sc2nc(CSc3ccccc3)nc(N3CCN(C)CC3)c2c1C. The smallest absolute Gasteiger partial charge is 0.142 e. The van der Waals surface area contributed by atoms with Crippen molar-refractivity contribution in [2.45, 2.75) is 24.5 Å². The summed E-state index contributed by atoms with van der Waals surface area (Å²) in [5.74, 6) is 2.87. The zero-order chi connectivity index (χ0) is 18.1. The van der Waals surface area contributed by atoms with E-state index in [0.717, 1.165) is 48.4 Å². The summed E-state index contributed by atoms with van der Waals surface area (Å²) >= 11 is 3.60. The Morgan fingerprint density at radius 2 is 1.77 bits per heavy atom. The Balaban J connectivity index is 1.68. The number of piperazine rings is 1. The third-order valence-corrected chi connectivity index (χ3v) is 7.08. The summed E-state index contributed by atoms with van der Waals surface area (Å²) in [5, 5.41) is 1.26. The number of likely N-dealkylation sites (N-methyl/N-ethyl adjacent to an activating group) is 1. The summed E-state index contributed by atoms with van der Waals surface area (Å²) in [7, 11) is 2.19. The van der Waals surface area contributed by atoms with Crippen molar-refractivity contribution in [2.24, 2.45) is 0 Å². The van der Waals surface area contributed by atoms with Gasteiger partial charge in [-0.3, -0.25) is 0 Å². The lowest BCUT2D eigenvalue weighted by Crippen LogP contribution is -2.45. The van der Waals surface area contributed by atoms with Crippen LogP contribution in [-0.4, -0.2) is 48.1 Å². The zero-order valence-corrected chi connectivity index (χ0v) is 17.2. The van der Waals surface area contributed by atoms with Crippen molar-refractivity contribution in [2.75, 3.05) is 38.1 Å². The van der Waals surface area contributed by atoms with E-state index in [1.54, 1.807) is 23.1 Å². The van der Waals surface area contributed by atoms with Crippen molar-refractivity contribution in [1.29, 1.82) is 0 Å². The van der Waals surface area contributed by atoms with Gasteiger partial charge in [-0.2, -0.15) is 0 Å². The standard InChI is InChI=1S/C20H24N4S2/c1-14-15(2)26-20-18(14)19(24-11-9-23(3)10-12-24)21-17(22-20)13-25-16-7-5-4-6-8-16/h4-8H,9-13H2,1-3H3. The van der Waals surface area contributed by atoms with E-state index in [4.69, 9.17) is 9.97 Å². The van der Waals surface area contributed by atoms with Crippen LogP contribution in [0.3, 0.4) is 0 Å². The Bertz CT molecular complexity index is 899. The summed E-state index contributed by atoms with van der Waals surface area (Å²) in [4.78, 5) is 18.5. The molecule has 1 aliphatic heterocycles. The van der Waals surface area contributed by atoms with Gasteiger partial charge in [0.25, 0.3) is 0 Å². The quantitative estimate of drug-likeness (QED) is 0.624. The fourth-order valence-electron chi connectivity index (χ4n) is 3.25. The average Bonchev–Trinajstić information content (AvgIpc) is 2.95. The molecule has 1 aromatic carbocycles. The largest absolute Gasteiger partial charge is 0.353 e. The van der Waals surface area contributed by atoms with Gasteiger partial charge in [0.1, 0.15) is 16.5 Å². The highest BCUT2D eigenvalue weighted by atomic mass is 32.2. The van der Waals surface area contributed by atoms with E-state index >= 15 is 0 Å². The van der Waals surface area contributed by atoms with E-state index in [9.17, 15) is 0 Å². The monoisotopic (exact) mass is 384 g/mol. The lowest BCUT2D eigenvalue weighted by Gasteiger charge is -2.33. The Hall–Kier alpha value is -1.63. The summed E-state index contributed by atoms with van der Waals surface area (Å²) in [6.07, 6.45) is 0. The molecule has 4 nitrogen and oxygen atoms in total. The normalized spacial score (nSPS) is 15.7. The number of aromatic nitrogens is 2. The summed E-state index contributed by atoms with van der Waals surface area (Å²) in [6.45, 7) is 8.62. The van der Waals surface area contributed by atoms with Gasteiger partial charge in [-0.25, -0.2) is 9.97 Å². The van der Waals surface area contributed by atoms with Gasteiger partial charge in [0.15, 0.2) is 0 Å². The Kier molecular flexibility index (Phi) is 5.16. The molecule has 0 aliphatic carbocycles. The van der Waals surface area contributed by atoms with Crippen LogP contribution < -0.4 is 4.90 Å². The van der Waals surface area contributed by atoms with Gasteiger partial charge in [0.05, 0.1) is 11.1 Å². The number of hydrogen-bond donors (Lipinski definition) is 0. The minimum absolute atomic E-state index is 0.802. The van der Waals surface area contributed by atoms with Gasteiger partial charge in [-0.15, -0.1) is 23.1 Å². The molecule has 26 heavy (non-hydrogen) atoms. The van der Waals surface area contributed by atoms with Gasteiger partial charge in [-0.05, 0) is 38.6 Å². The van der Waals surface area contributed by atoms with Crippen LogP contribution in [0.15, 0.2) is 35.2 Å². The van der Waals surface area contributed by atoms with E-state index in [-0.39, 0.29) is 0 Å². The number of nitrogens with zero attached hydrogens (tertiary/aromatic N) is 4. The molecule has 3 aromatic rings. The molecule has 1 fully saturated rings. The fourth-order valence-corrected chi connectivity index (χ4v) is 5.06. The molecular formula is C20H24N4S2.